The summed E-state index contributed by atoms with van der Waals surface area (Å²) in [5.74, 6) is 0. The number of nitrogens with zero attached hydrogens (tertiary/aromatic N) is 1. The van der Waals surface area contributed by atoms with Gasteiger partial charge in [0.2, 0.25) is 0 Å². The van der Waals surface area contributed by atoms with E-state index in [0.29, 0.717) is 0 Å². The highest BCUT2D eigenvalue weighted by atomic mass is 35.5. The molecule has 0 saturated heterocycles. The summed E-state index contributed by atoms with van der Waals surface area (Å²) in [5.41, 5.74) is 2.34. The first-order chi connectivity index (χ1) is 9.29. The van der Waals surface area contributed by atoms with E-state index in [2.05, 4.69) is 29.4 Å². The number of halogens is 1. The van der Waals surface area contributed by atoms with E-state index in [4.69, 9.17) is 11.6 Å². The van der Waals surface area contributed by atoms with Gasteiger partial charge >= 0.3 is 0 Å². The fraction of sp³-hybridized carbons (Fsp3) is 0.0625. The van der Waals surface area contributed by atoms with Gasteiger partial charge in [-0.15, -0.1) is 11.8 Å². The third-order valence-corrected chi connectivity index (χ3v) is 4.13. The van der Waals surface area contributed by atoms with Crippen molar-refractivity contribution in [1.29, 1.82) is 0 Å². The van der Waals surface area contributed by atoms with Gasteiger partial charge in [0, 0.05) is 33.3 Å². The van der Waals surface area contributed by atoms with Crippen LogP contribution in [0.15, 0.2) is 59.8 Å². The lowest BCUT2D eigenvalue weighted by atomic mass is 10.00. The van der Waals surface area contributed by atoms with Gasteiger partial charge in [0.25, 0.3) is 0 Å². The molecule has 3 heteroatoms. The maximum absolute atomic E-state index is 6.12. The molecule has 1 aromatic heterocycles. The molecule has 94 valence electrons. The second-order valence-corrected chi connectivity index (χ2v) is 5.53. The van der Waals surface area contributed by atoms with Gasteiger partial charge in [-0.2, -0.15) is 0 Å². The molecule has 1 heterocycles. The van der Waals surface area contributed by atoms with Crippen LogP contribution in [0.5, 0.6) is 0 Å². The molecule has 19 heavy (non-hydrogen) atoms. The number of aromatic nitrogens is 1. The first kappa shape index (κ1) is 12.5. The number of fused-ring (bicyclic) bond motifs is 1. The maximum Gasteiger partial charge on any atom is 0.0412 e. The first-order valence-electron chi connectivity index (χ1n) is 5.96. The Hall–Kier alpha value is -1.51. The van der Waals surface area contributed by atoms with E-state index < -0.39 is 0 Å². The Labute approximate surface area is 121 Å². The van der Waals surface area contributed by atoms with Crippen LogP contribution in [0.3, 0.4) is 0 Å². The smallest absolute Gasteiger partial charge is 0.0412 e. The molecule has 3 aromatic rings. The van der Waals surface area contributed by atoms with Gasteiger partial charge in [0.05, 0.1) is 0 Å². The summed E-state index contributed by atoms with van der Waals surface area (Å²) in [6.45, 7) is 0. The van der Waals surface area contributed by atoms with Crippen molar-refractivity contribution in [2.75, 3.05) is 6.26 Å². The van der Waals surface area contributed by atoms with Crippen LogP contribution >= 0.6 is 23.4 Å². The van der Waals surface area contributed by atoms with Gasteiger partial charge in [-0.05, 0) is 41.5 Å². The Morgan fingerprint density at radius 2 is 2.00 bits per heavy atom. The zero-order valence-corrected chi connectivity index (χ0v) is 12.0. The molecule has 0 aliphatic heterocycles. The van der Waals surface area contributed by atoms with Gasteiger partial charge in [-0.1, -0.05) is 29.8 Å². The number of benzene rings is 2. The Morgan fingerprint density at radius 3 is 2.79 bits per heavy atom. The number of thioether (sulfide) groups is 1. The Bertz CT molecular complexity index is 740. The van der Waals surface area contributed by atoms with E-state index in [-0.39, 0.29) is 0 Å². The standard InChI is InChI=1S/C16H12ClNS/c1-19-15-6-5-11-7-8-18-10-14(11)16(15)12-3-2-4-13(17)9-12/h2-10H,1H3. The molecule has 0 atom stereocenters. The minimum atomic E-state index is 0.755. The van der Waals surface area contributed by atoms with Gasteiger partial charge in [0.1, 0.15) is 0 Å². The highest BCUT2D eigenvalue weighted by Gasteiger charge is 2.09. The molecule has 0 bridgehead atoms. The van der Waals surface area contributed by atoms with Crippen LogP contribution in [0.25, 0.3) is 21.9 Å². The zero-order chi connectivity index (χ0) is 13.2. The summed E-state index contributed by atoms with van der Waals surface area (Å²) in [6.07, 6.45) is 5.83. The lowest BCUT2D eigenvalue weighted by Gasteiger charge is -2.11. The van der Waals surface area contributed by atoms with Crippen LogP contribution in [0.2, 0.25) is 5.02 Å². The van der Waals surface area contributed by atoms with Gasteiger partial charge in [-0.3, -0.25) is 4.98 Å². The average molecular weight is 286 g/mol. The molecule has 0 spiro atoms. The second-order valence-electron chi connectivity index (χ2n) is 4.25. The summed E-state index contributed by atoms with van der Waals surface area (Å²) in [5, 5.41) is 3.12. The van der Waals surface area contributed by atoms with Gasteiger partial charge in [0.15, 0.2) is 0 Å². The summed E-state index contributed by atoms with van der Waals surface area (Å²) in [7, 11) is 0. The summed E-state index contributed by atoms with van der Waals surface area (Å²) in [4.78, 5) is 5.49. The Kier molecular flexibility index (Phi) is 3.45. The SMILES string of the molecule is CSc1ccc2ccncc2c1-c1cccc(Cl)c1. The molecule has 1 nitrogen and oxygen atoms in total. The highest BCUT2D eigenvalue weighted by molar-refractivity contribution is 7.98. The van der Waals surface area contributed by atoms with E-state index in [0.717, 1.165) is 16.0 Å². The zero-order valence-electron chi connectivity index (χ0n) is 10.4. The fourth-order valence-electron chi connectivity index (χ4n) is 2.25. The van der Waals surface area contributed by atoms with Crippen molar-refractivity contribution in [1.82, 2.24) is 4.98 Å². The Balaban J connectivity index is 2.37. The summed E-state index contributed by atoms with van der Waals surface area (Å²) >= 11 is 7.86. The molecule has 0 saturated carbocycles. The van der Waals surface area contributed by atoms with Crippen molar-refractivity contribution in [3.05, 3.63) is 59.9 Å². The minimum Gasteiger partial charge on any atom is -0.264 e. The largest absolute Gasteiger partial charge is 0.264 e. The second kappa shape index (κ2) is 5.24. The third kappa shape index (κ3) is 2.34. The van der Waals surface area contributed by atoms with Crippen LogP contribution in [0.4, 0.5) is 0 Å². The van der Waals surface area contributed by atoms with Crippen molar-refractivity contribution in [3.8, 4) is 11.1 Å². The predicted molar refractivity (Wildman–Crippen MR) is 84.0 cm³/mol. The topological polar surface area (TPSA) is 12.9 Å². The normalized spacial score (nSPS) is 10.8. The van der Waals surface area contributed by atoms with Crippen molar-refractivity contribution in [3.63, 3.8) is 0 Å². The van der Waals surface area contributed by atoms with Crippen LogP contribution in [-0.2, 0) is 0 Å². The molecule has 0 N–H and O–H groups in total. The molecule has 2 aromatic carbocycles. The fourth-order valence-corrected chi connectivity index (χ4v) is 3.08. The predicted octanol–water partition coefficient (Wildman–Crippen LogP) is 5.28. The summed E-state index contributed by atoms with van der Waals surface area (Å²) < 4.78 is 0. The van der Waals surface area contributed by atoms with Gasteiger partial charge < -0.3 is 0 Å². The lowest BCUT2D eigenvalue weighted by molar-refractivity contribution is 1.35. The minimum absolute atomic E-state index is 0.755. The third-order valence-electron chi connectivity index (χ3n) is 3.12. The number of hydrogen-bond acceptors (Lipinski definition) is 2. The molecule has 0 fully saturated rings. The molecule has 0 radical (unpaired) electrons. The van der Waals surface area contributed by atoms with E-state index in [1.54, 1.807) is 11.8 Å². The average Bonchev–Trinajstić information content (AvgIpc) is 2.46. The first-order valence-corrected chi connectivity index (χ1v) is 7.56. The van der Waals surface area contributed by atoms with Crippen molar-refractivity contribution < 1.29 is 0 Å². The lowest BCUT2D eigenvalue weighted by Crippen LogP contribution is -1.86. The number of hydrogen-bond donors (Lipinski definition) is 0. The maximum atomic E-state index is 6.12. The van der Waals surface area contributed by atoms with E-state index in [1.165, 1.54) is 15.8 Å². The van der Waals surface area contributed by atoms with Crippen LogP contribution in [-0.4, -0.2) is 11.2 Å². The molecular weight excluding hydrogens is 274 g/mol. The number of pyridine rings is 1. The molecule has 0 aliphatic carbocycles. The molecule has 0 amide bonds. The van der Waals surface area contributed by atoms with Crippen LogP contribution in [0, 0.1) is 0 Å². The molecule has 0 aliphatic rings. The quantitative estimate of drug-likeness (QED) is 0.594. The Morgan fingerprint density at radius 1 is 1.11 bits per heavy atom. The van der Waals surface area contributed by atoms with Gasteiger partial charge in [-0.25, -0.2) is 0 Å². The van der Waals surface area contributed by atoms with E-state index >= 15 is 0 Å². The van der Waals surface area contributed by atoms with Crippen molar-refractivity contribution in [2.45, 2.75) is 4.90 Å². The highest BCUT2D eigenvalue weighted by Crippen LogP contribution is 2.37. The number of rotatable bonds is 2. The summed E-state index contributed by atoms with van der Waals surface area (Å²) in [6, 6.07) is 14.3. The van der Waals surface area contributed by atoms with Crippen LogP contribution < -0.4 is 0 Å². The van der Waals surface area contributed by atoms with E-state index in [1.807, 2.05) is 36.7 Å². The van der Waals surface area contributed by atoms with Crippen molar-refractivity contribution >= 4 is 34.1 Å². The molecule has 3 rings (SSSR count). The van der Waals surface area contributed by atoms with Crippen LogP contribution in [0.1, 0.15) is 0 Å². The molecular formula is C16H12ClNS. The monoisotopic (exact) mass is 285 g/mol. The van der Waals surface area contributed by atoms with E-state index in [9.17, 15) is 0 Å². The molecule has 0 unspecified atom stereocenters. The van der Waals surface area contributed by atoms with Crippen molar-refractivity contribution in [2.24, 2.45) is 0 Å².